The largest absolute Gasteiger partial charge is 0.416 e. The molecule has 0 saturated heterocycles. The Balaban J connectivity index is 1.87. The highest BCUT2D eigenvalue weighted by molar-refractivity contribution is 6.01. The lowest BCUT2D eigenvalue weighted by atomic mass is 9.94. The number of nitrogens with zero attached hydrogens (tertiary/aromatic N) is 4. The van der Waals surface area contributed by atoms with Crippen LogP contribution in [0.15, 0.2) is 58.8 Å². The lowest BCUT2D eigenvalue weighted by molar-refractivity contribution is -0.137. The van der Waals surface area contributed by atoms with Crippen molar-refractivity contribution < 1.29 is 22.5 Å². The maximum Gasteiger partial charge on any atom is 0.416 e. The van der Waals surface area contributed by atoms with E-state index in [1.165, 1.54) is 12.1 Å². The van der Waals surface area contributed by atoms with Crippen molar-refractivity contribution in [3.8, 4) is 6.07 Å². The molecule has 1 atom stereocenters. The molecular formula is C22H16F3N5O2. The van der Waals surface area contributed by atoms with Crippen molar-refractivity contribution in [3.05, 3.63) is 82.6 Å². The maximum atomic E-state index is 13.2. The molecule has 0 saturated carbocycles. The van der Waals surface area contributed by atoms with Gasteiger partial charge in [0.25, 0.3) is 5.89 Å². The number of aryl methyl sites for hydroxylation is 1. The fourth-order valence-electron chi connectivity index (χ4n) is 3.56. The second-order valence-corrected chi connectivity index (χ2v) is 7.15. The Morgan fingerprint density at radius 1 is 1.16 bits per heavy atom. The van der Waals surface area contributed by atoms with Crippen molar-refractivity contribution >= 4 is 17.3 Å². The topological polar surface area (TPSA) is 95.0 Å². The number of aromatic nitrogens is 2. The molecule has 4 rings (SSSR count). The van der Waals surface area contributed by atoms with Gasteiger partial charge in [0, 0.05) is 5.70 Å². The maximum absolute atomic E-state index is 13.2. The van der Waals surface area contributed by atoms with Crippen molar-refractivity contribution in [2.45, 2.75) is 26.1 Å². The monoisotopic (exact) mass is 439 g/mol. The van der Waals surface area contributed by atoms with Crippen molar-refractivity contribution in [1.82, 2.24) is 15.5 Å². The van der Waals surface area contributed by atoms with Gasteiger partial charge < -0.3 is 9.84 Å². The highest BCUT2D eigenvalue weighted by atomic mass is 19.4. The Morgan fingerprint density at radius 3 is 2.47 bits per heavy atom. The lowest BCUT2D eigenvalue weighted by Gasteiger charge is -2.35. The van der Waals surface area contributed by atoms with E-state index in [4.69, 9.17) is 9.78 Å². The quantitative estimate of drug-likeness (QED) is 0.622. The molecule has 0 radical (unpaired) electrons. The number of carbonyl (C=O) groups excluding carboxylic acids is 1. The van der Waals surface area contributed by atoms with Gasteiger partial charge in [-0.1, -0.05) is 23.4 Å². The molecule has 1 unspecified atom stereocenters. The number of benzene rings is 2. The molecule has 1 aromatic heterocycles. The van der Waals surface area contributed by atoms with Crippen LogP contribution in [-0.2, 0) is 6.18 Å². The van der Waals surface area contributed by atoms with Crippen LogP contribution in [-0.4, -0.2) is 16.2 Å². The van der Waals surface area contributed by atoms with Crippen molar-refractivity contribution in [1.29, 1.82) is 5.26 Å². The average Bonchev–Trinajstić information content (AvgIpc) is 3.18. The van der Waals surface area contributed by atoms with E-state index in [9.17, 15) is 18.0 Å². The van der Waals surface area contributed by atoms with E-state index >= 15 is 0 Å². The first-order valence-electron chi connectivity index (χ1n) is 9.48. The summed E-state index contributed by atoms with van der Waals surface area (Å²) in [7, 11) is 0. The number of hydrogen-bond acceptors (Lipinski definition) is 5. The second-order valence-electron chi connectivity index (χ2n) is 7.15. The summed E-state index contributed by atoms with van der Waals surface area (Å²) in [6, 6.07) is 11.8. The predicted octanol–water partition coefficient (Wildman–Crippen LogP) is 4.97. The summed E-state index contributed by atoms with van der Waals surface area (Å²) < 4.78 is 45.0. The van der Waals surface area contributed by atoms with Gasteiger partial charge in [-0.15, -0.1) is 0 Å². The Hall–Kier alpha value is -4.13. The summed E-state index contributed by atoms with van der Waals surface area (Å²) in [6.07, 6.45) is -4.56. The molecule has 2 aromatic carbocycles. The molecule has 2 heterocycles. The lowest BCUT2D eigenvalue weighted by Crippen LogP contribution is -2.46. The second kappa shape index (κ2) is 7.85. The van der Waals surface area contributed by atoms with Crippen molar-refractivity contribution in [2.24, 2.45) is 0 Å². The van der Waals surface area contributed by atoms with Gasteiger partial charge in [-0.25, -0.2) is 4.79 Å². The van der Waals surface area contributed by atoms with Crippen LogP contribution in [0.1, 0.15) is 41.4 Å². The number of allylic oxidation sites excluding steroid dienone is 1. The summed E-state index contributed by atoms with van der Waals surface area (Å²) in [5.41, 5.74) is 1.03. The van der Waals surface area contributed by atoms with Crippen molar-refractivity contribution in [2.75, 3.05) is 4.90 Å². The number of alkyl halides is 3. The molecule has 1 aliphatic heterocycles. The van der Waals surface area contributed by atoms with Crippen LogP contribution in [0.2, 0.25) is 0 Å². The van der Waals surface area contributed by atoms with Gasteiger partial charge in [-0.2, -0.15) is 23.4 Å². The van der Waals surface area contributed by atoms with Gasteiger partial charge >= 0.3 is 12.2 Å². The van der Waals surface area contributed by atoms with Crippen LogP contribution in [0.5, 0.6) is 0 Å². The Labute approximate surface area is 180 Å². The highest BCUT2D eigenvalue weighted by Crippen LogP contribution is 2.40. The predicted molar refractivity (Wildman–Crippen MR) is 108 cm³/mol. The van der Waals surface area contributed by atoms with Gasteiger partial charge in [0.15, 0.2) is 5.82 Å². The van der Waals surface area contributed by atoms with Crippen LogP contribution in [0.3, 0.4) is 0 Å². The zero-order chi connectivity index (χ0) is 23.0. The van der Waals surface area contributed by atoms with Crippen LogP contribution in [0.4, 0.5) is 23.7 Å². The Kier molecular flexibility index (Phi) is 5.18. The fraction of sp³-hybridized carbons (Fsp3) is 0.182. The van der Waals surface area contributed by atoms with E-state index in [2.05, 4.69) is 15.5 Å². The van der Waals surface area contributed by atoms with Crippen LogP contribution in [0, 0.1) is 18.3 Å². The number of amides is 2. The summed E-state index contributed by atoms with van der Waals surface area (Å²) >= 11 is 0. The molecule has 0 spiro atoms. The third-order valence-electron chi connectivity index (χ3n) is 5.05. The number of anilines is 1. The first-order chi connectivity index (χ1) is 15.2. The normalized spacial score (nSPS) is 16.7. The van der Waals surface area contributed by atoms with E-state index in [1.807, 2.05) is 6.07 Å². The van der Waals surface area contributed by atoms with Crippen molar-refractivity contribution in [3.63, 3.8) is 0 Å². The first-order valence-corrected chi connectivity index (χ1v) is 9.48. The molecule has 0 fully saturated rings. The number of carbonyl (C=O) groups is 1. The van der Waals surface area contributed by atoms with Gasteiger partial charge in [-0.3, -0.25) is 4.90 Å². The van der Waals surface area contributed by atoms with E-state index in [1.54, 1.807) is 38.1 Å². The molecule has 10 heteroatoms. The minimum absolute atomic E-state index is 0.0434. The summed E-state index contributed by atoms with van der Waals surface area (Å²) in [6.45, 7) is 3.23. The number of rotatable bonds is 3. The third-order valence-corrected chi connectivity index (χ3v) is 5.05. The number of hydrogen-bond donors (Lipinski definition) is 1. The van der Waals surface area contributed by atoms with Crippen LogP contribution in [0.25, 0.3) is 5.57 Å². The average molecular weight is 439 g/mol. The summed E-state index contributed by atoms with van der Waals surface area (Å²) in [5.74, 6) is 0.493. The highest BCUT2D eigenvalue weighted by Gasteiger charge is 2.37. The smallest absolute Gasteiger partial charge is 0.334 e. The molecule has 0 bridgehead atoms. The zero-order valence-electron chi connectivity index (χ0n) is 16.9. The molecule has 7 nitrogen and oxygen atoms in total. The van der Waals surface area contributed by atoms with Crippen LogP contribution < -0.4 is 10.2 Å². The summed E-state index contributed by atoms with van der Waals surface area (Å²) in [4.78, 5) is 18.4. The fourth-order valence-corrected chi connectivity index (χ4v) is 3.56. The van der Waals surface area contributed by atoms with Gasteiger partial charge in [0.1, 0.15) is 0 Å². The molecular weight excluding hydrogens is 423 g/mol. The van der Waals surface area contributed by atoms with E-state index in [0.717, 1.165) is 17.0 Å². The van der Waals surface area contributed by atoms with Crippen LogP contribution >= 0.6 is 0 Å². The molecule has 0 aliphatic carbocycles. The number of nitriles is 1. The van der Waals surface area contributed by atoms with Gasteiger partial charge in [0.2, 0.25) is 0 Å². The third kappa shape index (κ3) is 3.80. The number of nitrogens with one attached hydrogen (secondary N) is 1. The SMILES string of the molecule is CC1=C(c2nc(C)no2)C(c2ccc(C#N)cc2)NC(=O)N1c1cccc(C(F)(F)F)c1. The minimum Gasteiger partial charge on any atom is -0.334 e. The molecule has 1 N–H and O–H groups in total. The number of urea groups is 1. The molecule has 1 aliphatic rings. The van der Waals surface area contributed by atoms with Gasteiger partial charge in [-0.05, 0) is 49.7 Å². The van der Waals surface area contributed by atoms with Gasteiger partial charge in [0.05, 0.1) is 34.5 Å². The first kappa shape index (κ1) is 21.1. The Morgan fingerprint density at radius 2 is 1.88 bits per heavy atom. The molecule has 2 amide bonds. The van der Waals surface area contributed by atoms with E-state index < -0.39 is 23.8 Å². The van der Waals surface area contributed by atoms with E-state index in [0.29, 0.717) is 28.2 Å². The Bertz CT molecular complexity index is 1260. The molecule has 162 valence electrons. The minimum atomic E-state index is -4.56. The zero-order valence-corrected chi connectivity index (χ0v) is 16.9. The summed E-state index contributed by atoms with van der Waals surface area (Å²) in [5, 5.41) is 15.7. The molecule has 3 aromatic rings. The number of halogens is 3. The standard InChI is InChI=1S/C22H16F3N5O2/c1-12-18(20-27-13(2)29-32-20)19(15-8-6-14(11-26)7-9-15)28-21(31)30(12)17-5-3-4-16(10-17)22(23,24)25/h3-10,19H,1-2H3,(H,28,31). The molecule has 32 heavy (non-hydrogen) atoms. The van der Waals surface area contributed by atoms with E-state index in [-0.39, 0.29) is 11.6 Å².